The summed E-state index contributed by atoms with van der Waals surface area (Å²) in [6.07, 6.45) is 1.40. The third-order valence-corrected chi connectivity index (χ3v) is 5.40. The maximum absolute atomic E-state index is 11.3. The van der Waals surface area contributed by atoms with E-state index in [9.17, 15) is 9.90 Å². The van der Waals surface area contributed by atoms with Gasteiger partial charge in [0.1, 0.15) is 5.75 Å². The summed E-state index contributed by atoms with van der Waals surface area (Å²) in [5.74, 6) is -0.0446. The molecule has 1 atom stereocenters. The molecule has 0 aliphatic carbocycles. The van der Waals surface area contributed by atoms with Crippen LogP contribution in [0.5, 0.6) is 5.75 Å². The van der Waals surface area contributed by atoms with Gasteiger partial charge in [0.2, 0.25) is 0 Å². The summed E-state index contributed by atoms with van der Waals surface area (Å²) in [7, 11) is 1.67. The van der Waals surface area contributed by atoms with Gasteiger partial charge in [0.25, 0.3) is 0 Å². The van der Waals surface area contributed by atoms with Crippen molar-refractivity contribution in [1.29, 1.82) is 0 Å². The molecule has 4 nitrogen and oxygen atoms in total. The van der Waals surface area contributed by atoms with Crippen molar-refractivity contribution in [1.82, 2.24) is 4.90 Å². The van der Waals surface area contributed by atoms with E-state index in [1.54, 1.807) is 7.11 Å². The minimum atomic E-state index is -0.669. The average Bonchev–Trinajstić information content (AvgIpc) is 2.66. The lowest BCUT2D eigenvalue weighted by atomic mass is 9.89. The number of likely N-dealkylation sites (tertiary alicyclic amines) is 1. The molecule has 1 N–H and O–H groups in total. The molecule has 1 unspecified atom stereocenters. The molecule has 1 heterocycles. The number of piperidine rings is 1. The van der Waals surface area contributed by atoms with Crippen LogP contribution in [0.1, 0.15) is 41.1 Å². The standard InChI is InChI=1S/C22H27NO3/c1-15-4-5-16(2)20(14-15)21(17-6-8-19(26-3)9-7-17)23-12-10-18(11-13-23)22(24)25/h4-9,14,18,21H,10-13H2,1-3H3,(H,24,25). The zero-order valence-corrected chi connectivity index (χ0v) is 15.7. The van der Waals surface area contributed by atoms with E-state index in [0.717, 1.165) is 18.8 Å². The van der Waals surface area contributed by atoms with Crippen molar-refractivity contribution in [2.75, 3.05) is 20.2 Å². The van der Waals surface area contributed by atoms with Crippen LogP contribution in [0.4, 0.5) is 0 Å². The first-order valence-corrected chi connectivity index (χ1v) is 9.17. The van der Waals surface area contributed by atoms with Crippen LogP contribution in [0.2, 0.25) is 0 Å². The first-order chi connectivity index (χ1) is 12.5. The normalized spacial score (nSPS) is 17.0. The van der Waals surface area contributed by atoms with Crippen molar-refractivity contribution in [3.63, 3.8) is 0 Å². The van der Waals surface area contributed by atoms with Crippen molar-refractivity contribution in [2.45, 2.75) is 32.7 Å². The highest BCUT2D eigenvalue weighted by molar-refractivity contribution is 5.70. The molecule has 4 heteroatoms. The number of benzene rings is 2. The van der Waals surface area contributed by atoms with Gasteiger partial charge < -0.3 is 9.84 Å². The molecule has 138 valence electrons. The third-order valence-electron chi connectivity index (χ3n) is 5.40. The zero-order chi connectivity index (χ0) is 18.7. The largest absolute Gasteiger partial charge is 0.497 e. The van der Waals surface area contributed by atoms with Gasteiger partial charge in [-0.05, 0) is 68.6 Å². The van der Waals surface area contributed by atoms with Gasteiger partial charge in [-0.3, -0.25) is 9.69 Å². The van der Waals surface area contributed by atoms with E-state index in [-0.39, 0.29) is 12.0 Å². The van der Waals surface area contributed by atoms with Crippen molar-refractivity contribution in [3.8, 4) is 5.75 Å². The number of carboxylic acids is 1. The van der Waals surface area contributed by atoms with Crippen molar-refractivity contribution in [2.24, 2.45) is 5.92 Å². The van der Waals surface area contributed by atoms with Gasteiger partial charge in [0, 0.05) is 0 Å². The number of hydrogen-bond donors (Lipinski definition) is 1. The summed E-state index contributed by atoms with van der Waals surface area (Å²) in [5.41, 5.74) is 5.01. The van der Waals surface area contributed by atoms with E-state index in [0.29, 0.717) is 12.8 Å². The number of carbonyl (C=O) groups is 1. The summed E-state index contributed by atoms with van der Waals surface area (Å²) in [5, 5.41) is 9.30. The second-order valence-corrected chi connectivity index (χ2v) is 7.18. The first kappa shape index (κ1) is 18.5. The number of rotatable bonds is 5. The number of ether oxygens (including phenoxy) is 1. The Morgan fingerprint density at radius 2 is 1.77 bits per heavy atom. The van der Waals surface area contributed by atoms with Crippen LogP contribution in [0.25, 0.3) is 0 Å². The minimum Gasteiger partial charge on any atom is -0.497 e. The molecule has 0 bridgehead atoms. The molecule has 2 aromatic carbocycles. The summed E-state index contributed by atoms with van der Waals surface area (Å²) in [6.45, 7) is 5.85. The van der Waals surface area contributed by atoms with Gasteiger partial charge in [0.15, 0.2) is 0 Å². The quantitative estimate of drug-likeness (QED) is 0.875. The number of carboxylic acid groups (broad SMARTS) is 1. The molecule has 0 amide bonds. The Balaban J connectivity index is 1.96. The summed E-state index contributed by atoms with van der Waals surface area (Å²) in [4.78, 5) is 13.7. The number of hydrogen-bond acceptors (Lipinski definition) is 3. The Labute approximate surface area is 155 Å². The number of methoxy groups -OCH3 is 1. The van der Waals surface area contributed by atoms with Crippen LogP contribution < -0.4 is 4.74 Å². The molecule has 26 heavy (non-hydrogen) atoms. The van der Waals surface area contributed by atoms with Crippen LogP contribution in [0.3, 0.4) is 0 Å². The fourth-order valence-electron chi connectivity index (χ4n) is 3.83. The van der Waals surface area contributed by atoms with Crippen LogP contribution in [0.15, 0.2) is 42.5 Å². The van der Waals surface area contributed by atoms with Crippen molar-refractivity contribution in [3.05, 3.63) is 64.7 Å². The molecular weight excluding hydrogens is 326 g/mol. The summed E-state index contributed by atoms with van der Waals surface area (Å²) in [6, 6.07) is 14.9. The molecule has 1 aliphatic rings. The molecule has 2 aromatic rings. The molecule has 3 rings (SSSR count). The van der Waals surface area contributed by atoms with Gasteiger partial charge in [-0.2, -0.15) is 0 Å². The smallest absolute Gasteiger partial charge is 0.306 e. The Morgan fingerprint density at radius 1 is 1.12 bits per heavy atom. The maximum Gasteiger partial charge on any atom is 0.306 e. The van der Waals surface area contributed by atoms with E-state index in [1.807, 2.05) is 12.1 Å². The molecule has 1 fully saturated rings. The fourth-order valence-corrected chi connectivity index (χ4v) is 3.83. The second-order valence-electron chi connectivity index (χ2n) is 7.18. The number of aliphatic carboxylic acids is 1. The second kappa shape index (κ2) is 7.92. The Morgan fingerprint density at radius 3 is 2.35 bits per heavy atom. The highest BCUT2D eigenvalue weighted by atomic mass is 16.5. The monoisotopic (exact) mass is 353 g/mol. The Bertz CT molecular complexity index is 761. The summed E-state index contributed by atoms with van der Waals surface area (Å²) < 4.78 is 5.30. The maximum atomic E-state index is 11.3. The van der Waals surface area contributed by atoms with Crippen molar-refractivity contribution >= 4 is 5.97 Å². The third kappa shape index (κ3) is 3.91. The van der Waals surface area contributed by atoms with Gasteiger partial charge in [-0.1, -0.05) is 35.9 Å². The van der Waals surface area contributed by atoms with Crippen molar-refractivity contribution < 1.29 is 14.6 Å². The van der Waals surface area contributed by atoms with Gasteiger partial charge in [0.05, 0.1) is 19.1 Å². The van der Waals surface area contributed by atoms with Crippen LogP contribution >= 0.6 is 0 Å². The van der Waals surface area contributed by atoms with E-state index in [2.05, 4.69) is 49.1 Å². The number of nitrogens with zero attached hydrogens (tertiary/aromatic N) is 1. The van der Waals surface area contributed by atoms with E-state index >= 15 is 0 Å². The van der Waals surface area contributed by atoms with Crippen LogP contribution in [-0.4, -0.2) is 36.2 Å². The van der Waals surface area contributed by atoms with Crippen LogP contribution in [-0.2, 0) is 4.79 Å². The minimum absolute atomic E-state index is 0.135. The topological polar surface area (TPSA) is 49.8 Å². The average molecular weight is 353 g/mol. The zero-order valence-electron chi connectivity index (χ0n) is 15.7. The molecule has 1 saturated heterocycles. The Hall–Kier alpha value is -2.33. The molecule has 0 saturated carbocycles. The fraction of sp³-hybridized carbons (Fsp3) is 0.409. The number of aryl methyl sites for hydroxylation is 2. The Kier molecular flexibility index (Phi) is 5.62. The van der Waals surface area contributed by atoms with Gasteiger partial charge >= 0.3 is 5.97 Å². The first-order valence-electron chi connectivity index (χ1n) is 9.17. The van der Waals surface area contributed by atoms with E-state index in [1.165, 1.54) is 22.3 Å². The lowest BCUT2D eigenvalue weighted by molar-refractivity contribution is -0.143. The lowest BCUT2D eigenvalue weighted by Gasteiger charge is -2.38. The highest BCUT2D eigenvalue weighted by Crippen LogP contribution is 2.35. The van der Waals surface area contributed by atoms with E-state index in [4.69, 9.17) is 4.74 Å². The van der Waals surface area contributed by atoms with Gasteiger partial charge in [-0.25, -0.2) is 0 Å². The van der Waals surface area contributed by atoms with Gasteiger partial charge in [-0.15, -0.1) is 0 Å². The predicted molar refractivity (Wildman–Crippen MR) is 103 cm³/mol. The highest BCUT2D eigenvalue weighted by Gasteiger charge is 2.30. The van der Waals surface area contributed by atoms with Crippen LogP contribution in [0, 0.1) is 19.8 Å². The molecule has 1 aliphatic heterocycles. The summed E-state index contributed by atoms with van der Waals surface area (Å²) >= 11 is 0. The molecule has 0 spiro atoms. The van der Waals surface area contributed by atoms with E-state index < -0.39 is 5.97 Å². The molecular formula is C22H27NO3. The molecule has 0 aromatic heterocycles. The predicted octanol–water partition coefficient (Wildman–Crippen LogP) is 4.20. The molecule has 0 radical (unpaired) electrons. The lowest BCUT2D eigenvalue weighted by Crippen LogP contribution is -2.39. The SMILES string of the molecule is COc1ccc(C(c2cc(C)ccc2C)N2CCC(C(=O)O)CC2)cc1.